The largest absolute Gasteiger partial charge is 0.481 e. The van der Waals surface area contributed by atoms with Gasteiger partial charge in [-0.05, 0) is 24.5 Å². The quantitative estimate of drug-likeness (QED) is 0.709. The second kappa shape index (κ2) is 7.47. The molecule has 0 unspecified atom stereocenters. The van der Waals surface area contributed by atoms with Gasteiger partial charge >= 0.3 is 12.0 Å². The summed E-state index contributed by atoms with van der Waals surface area (Å²) < 4.78 is 0. The van der Waals surface area contributed by atoms with Crippen LogP contribution in [-0.4, -0.2) is 28.6 Å². The average Bonchev–Trinajstić information content (AvgIpc) is 2.47. The van der Waals surface area contributed by atoms with Crippen LogP contribution in [0.4, 0.5) is 4.79 Å². The van der Waals surface area contributed by atoms with Crippen molar-refractivity contribution in [1.29, 1.82) is 0 Å². The summed E-state index contributed by atoms with van der Waals surface area (Å²) in [6.07, 6.45) is 4.27. The maximum atomic E-state index is 11.7. The first-order valence-electron chi connectivity index (χ1n) is 6.68. The third-order valence-corrected chi connectivity index (χ3v) is 3.57. The molecule has 20 heavy (non-hydrogen) atoms. The molecule has 1 heterocycles. The summed E-state index contributed by atoms with van der Waals surface area (Å²) in [5, 5.41) is 14.6. The lowest BCUT2D eigenvalue weighted by Gasteiger charge is -2.26. The first kappa shape index (κ1) is 15.9. The van der Waals surface area contributed by atoms with Gasteiger partial charge in [0.15, 0.2) is 0 Å². The Morgan fingerprint density at radius 3 is 2.50 bits per heavy atom. The highest BCUT2D eigenvalue weighted by atomic mass is 16.4. The summed E-state index contributed by atoms with van der Waals surface area (Å²) in [5.74, 6) is -0.880. The molecule has 0 saturated heterocycles. The summed E-state index contributed by atoms with van der Waals surface area (Å²) >= 11 is 0. The van der Waals surface area contributed by atoms with Crippen LogP contribution in [0.15, 0.2) is 24.5 Å². The van der Waals surface area contributed by atoms with Crippen molar-refractivity contribution in [2.45, 2.75) is 33.2 Å². The normalized spacial score (nSPS) is 10.9. The van der Waals surface area contributed by atoms with E-state index in [4.69, 9.17) is 0 Å². The molecule has 0 aliphatic rings. The summed E-state index contributed by atoms with van der Waals surface area (Å²) in [6, 6.07) is 3.27. The van der Waals surface area contributed by atoms with E-state index in [9.17, 15) is 14.7 Å². The predicted octanol–water partition coefficient (Wildman–Crippen LogP) is 1.77. The van der Waals surface area contributed by atoms with Gasteiger partial charge in [-0.1, -0.05) is 19.9 Å². The topological polar surface area (TPSA) is 91.3 Å². The lowest BCUT2D eigenvalue weighted by molar-refractivity contribution is -0.149. The number of carbonyl (C=O) groups excluding carboxylic acids is 1. The smallest absolute Gasteiger partial charge is 0.315 e. The summed E-state index contributed by atoms with van der Waals surface area (Å²) in [7, 11) is 0. The van der Waals surface area contributed by atoms with Crippen LogP contribution >= 0.6 is 0 Å². The van der Waals surface area contributed by atoms with Crippen molar-refractivity contribution in [3.63, 3.8) is 0 Å². The molecule has 0 fully saturated rings. The number of aliphatic carboxylic acids is 1. The SMILES string of the molecule is CCC(CC)(CNC(=O)NCc1cccnc1)C(=O)O. The van der Waals surface area contributed by atoms with Crippen molar-refractivity contribution in [1.82, 2.24) is 15.6 Å². The summed E-state index contributed by atoms with van der Waals surface area (Å²) in [6.45, 7) is 4.10. The molecule has 0 saturated carbocycles. The Labute approximate surface area is 118 Å². The van der Waals surface area contributed by atoms with Crippen molar-refractivity contribution in [2.24, 2.45) is 5.41 Å². The molecule has 0 bridgehead atoms. The van der Waals surface area contributed by atoms with Crippen LogP contribution in [0, 0.1) is 5.41 Å². The summed E-state index contributed by atoms with van der Waals surface area (Å²) in [5.41, 5.74) is -0.0100. The summed E-state index contributed by atoms with van der Waals surface area (Å²) in [4.78, 5) is 26.9. The minimum absolute atomic E-state index is 0.119. The molecule has 6 nitrogen and oxygen atoms in total. The predicted molar refractivity (Wildman–Crippen MR) is 75.1 cm³/mol. The molecule has 0 spiro atoms. The Hall–Kier alpha value is -2.11. The zero-order valence-electron chi connectivity index (χ0n) is 11.8. The van der Waals surface area contributed by atoms with E-state index < -0.39 is 11.4 Å². The molecule has 6 heteroatoms. The zero-order chi connectivity index (χ0) is 15.0. The highest BCUT2D eigenvalue weighted by molar-refractivity contribution is 5.78. The van der Waals surface area contributed by atoms with Gasteiger partial charge in [-0.2, -0.15) is 0 Å². The second-order valence-corrected chi connectivity index (χ2v) is 4.69. The zero-order valence-corrected chi connectivity index (χ0v) is 11.8. The van der Waals surface area contributed by atoms with Crippen molar-refractivity contribution >= 4 is 12.0 Å². The number of carboxylic acids is 1. The number of rotatable bonds is 7. The maximum absolute atomic E-state index is 11.7. The fraction of sp³-hybridized carbons (Fsp3) is 0.500. The molecular weight excluding hydrogens is 258 g/mol. The van der Waals surface area contributed by atoms with Crippen LogP contribution < -0.4 is 10.6 Å². The van der Waals surface area contributed by atoms with Gasteiger partial charge in [0.05, 0.1) is 5.41 Å². The van der Waals surface area contributed by atoms with Gasteiger partial charge in [0, 0.05) is 25.5 Å². The van der Waals surface area contributed by atoms with Crippen molar-refractivity contribution in [2.75, 3.05) is 6.54 Å². The van der Waals surface area contributed by atoms with E-state index in [1.807, 2.05) is 19.9 Å². The Kier molecular flexibility index (Phi) is 5.96. The Morgan fingerprint density at radius 1 is 1.30 bits per heavy atom. The van der Waals surface area contributed by atoms with Gasteiger partial charge < -0.3 is 15.7 Å². The van der Waals surface area contributed by atoms with Gasteiger partial charge in [-0.15, -0.1) is 0 Å². The van der Waals surface area contributed by atoms with Gasteiger partial charge in [-0.25, -0.2) is 4.79 Å². The highest BCUT2D eigenvalue weighted by Crippen LogP contribution is 2.25. The number of pyridine rings is 1. The van der Waals surface area contributed by atoms with Crippen LogP contribution in [0.5, 0.6) is 0 Å². The third-order valence-electron chi connectivity index (χ3n) is 3.57. The van der Waals surface area contributed by atoms with Crippen molar-refractivity contribution < 1.29 is 14.7 Å². The Balaban J connectivity index is 2.44. The average molecular weight is 279 g/mol. The molecule has 1 rings (SSSR count). The van der Waals surface area contributed by atoms with Crippen LogP contribution in [0.3, 0.4) is 0 Å². The van der Waals surface area contributed by atoms with Gasteiger partial charge in [0.1, 0.15) is 0 Å². The Bertz CT molecular complexity index is 444. The van der Waals surface area contributed by atoms with Gasteiger partial charge in [0.25, 0.3) is 0 Å². The van der Waals surface area contributed by atoms with Crippen LogP contribution in [-0.2, 0) is 11.3 Å². The van der Waals surface area contributed by atoms with E-state index in [0.29, 0.717) is 19.4 Å². The minimum atomic E-state index is -0.897. The molecule has 2 amide bonds. The number of carboxylic acid groups (broad SMARTS) is 1. The third kappa shape index (κ3) is 4.22. The molecule has 0 radical (unpaired) electrons. The molecule has 0 aromatic carbocycles. The number of nitrogens with zero attached hydrogens (tertiary/aromatic N) is 1. The first-order chi connectivity index (χ1) is 9.54. The molecule has 0 aliphatic carbocycles. The van der Waals surface area contributed by atoms with E-state index >= 15 is 0 Å². The standard InChI is InChI=1S/C14H21N3O3/c1-3-14(4-2,12(18)19)10-17-13(20)16-9-11-6-5-7-15-8-11/h5-8H,3-4,9-10H2,1-2H3,(H,18,19)(H2,16,17,20). The fourth-order valence-electron chi connectivity index (χ4n) is 1.88. The van der Waals surface area contributed by atoms with E-state index in [-0.39, 0.29) is 12.6 Å². The van der Waals surface area contributed by atoms with Crippen LogP contribution in [0.25, 0.3) is 0 Å². The fourth-order valence-corrected chi connectivity index (χ4v) is 1.88. The van der Waals surface area contributed by atoms with E-state index in [0.717, 1.165) is 5.56 Å². The lowest BCUT2D eigenvalue weighted by Crippen LogP contribution is -2.45. The van der Waals surface area contributed by atoms with Crippen molar-refractivity contribution in [3.8, 4) is 0 Å². The first-order valence-corrected chi connectivity index (χ1v) is 6.68. The van der Waals surface area contributed by atoms with Crippen LogP contribution in [0.1, 0.15) is 32.3 Å². The number of aromatic nitrogens is 1. The van der Waals surface area contributed by atoms with E-state index in [1.165, 1.54) is 0 Å². The van der Waals surface area contributed by atoms with Gasteiger partial charge in [0.2, 0.25) is 0 Å². The molecule has 1 aromatic rings. The molecule has 0 atom stereocenters. The molecule has 0 aliphatic heterocycles. The number of carbonyl (C=O) groups is 2. The highest BCUT2D eigenvalue weighted by Gasteiger charge is 2.35. The van der Waals surface area contributed by atoms with E-state index in [2.05, 4.69) is 15.6 Å². The number of urea groups is 1. The molecular formula is C14H21N3O3. The molecule has 3 N–H and O–H groups in total. The second-order valence-electron chi connectivity index (χ2n) is 4.69. The number of nitrogens with one attached hydrogen (secondary N) is 2. The van der Waals surface area contributed by atoms with Crippen molar-refractivity contribution in [3.05, 3.63) is 30.1 Å². The van der Waals surface area contributed by atoms with E-state index in [1.54, 1.807) is 18.5 Å². The number of amides is 2. The lowest BCUT2D eigenvalue weighted by atomic mass is 9.82. The number of hydrogen-bond acceptors (Lipinski definition) is 3. The molecule has 110 valence electrons. The Morgan fingerprint density at radius 2 is 2.00 bits per heavy atom. The maximum Gasteiger partial charge on any atom is 0.315 e. The minimum Gasteiger partial charge on any atom is -0.481 e. The number of hydrogen-bond donors (Lipinski definition) is 3. The van der Waals surface area contributed by atoms with Crippen LogP contribution in [0.2, 0.25) is 0 Å². The monoisotopic (exact) mass is 279 g/mol. The van der Waals surface area contributed by atoms with Gasteiger partial charge in [-0.3, -0.25) is 9.78 Å². The molecule has 1 aromatic heterocycles.